The highest BCUT2D eigenvalue weighted by Crippen LogP contribution is 2.36. The Kier molecular flexibility index (Phi) is 2.68. The van der Waals surface area contributed by atoms with Gasteiger partial charge in [0.25, 0.3) is 5.91 Å². The van der Waals surface area contributed by atoms with E-state index in [0.29, 0.717) is 22.9 Å². The van der Waals surface area contributed by atoms with Crippen molar-refractivity contribution < 1.29 is 4.79 Å². The number of aromatic nitrogens is 5. The Morgan fingerprint density at radius 1 is 1.43 bits per heavy atom. The fourth-order valence-electron chi connectivity index (χ4n) is 2.28. The molecule has 0 radical (unpaired) electrons. The van der Waals surface area contributed by atoms with Gasteiger partial charge in [-0.3, -0.25) is 10.1 Å². The molecule has 0 bridgehead atoms. The van der Waals surface area contributed by atoms with Crippen molar-refractivity contribution in [3.63, 3.8) is 0 Å². The zero-order valence-corrected chi connectivity index (χ0v) is 11.6. The van der Waals surface area contributed by atoms with Crippen LogP contribution in [-0.4, -0.2) is 30.4 Å². The second kappa shape index (κ2) is 4.56. The predicted molar refractivity (Wildman–Crippen MR) is 77.3 cm³/mol. The first-order chi connectivity index (χ1) is 10.2. The fourth-order valence-corrected chi connectivity index (χ4v) is 2.50. The Morgan fingerprint density at radius 3 is 3.10 bits per heavy atom. The molecule has 8 heteroatoms. The SMILES string of the molecule is O=C(Nc1nc(Cl)c2[nH]cnc2n1)c1cccn1C1CC1. The van der Waals surface area contributed by atoms with Crippen LogP contribution < -0.4 is 5.32 Å². The summed E-state index contributed by atoms with van der Waals surface area (Å²) in [5.41, 5.74) is 1.57. The Labute approximate surface area is 124 Å². The fraction of sp³-hybridized carbons (Fsp3) is 0.231. The molecule has 1 aliphatic rings. The van der Waals surface area contributed by atoms with Gasteiger partial charge < -0.3 is 9.55 Å². The van der Waals surface area contributed by atoms with E-state index in [-0.39, 0.29) is 17.0 Å². The van der Waals surface area contributed by atoms with Crippen LogP contribution in [0.5, 0.6) is 0 Å². The first kappa shape index (κ1) is 12.3. The highest BCUT2D eigenvalue weighted by atomic mass is 35.5. The van der Waals surface area contributed by atoms with E-state index in [1.54, 1.807) is 6.07 Å². The van der Waals surface area contributed by atoms with Crippen LogP contribution in [-0.2, 0) is 0 Å². The third kappa shape index (κ3) is 2.15. The van der Waals surface area contributed by atoms with Gasteiger partial charge in [-0.15, -0.1) is 0 Å². The Hall–Kier alpha value is -2.41. The highest BCUT2D eigenvalue weighted by molar-refractivity contribution is 6.33. The van der Waals surface area contributed by atoms with Crippen LogP contribution in [0.3, 0.4) is 0 Å². The van der Waals surface area contributed by atoms with Gasteiger partial charge in [-0.25, -0.2) is 4.98 Å². The van der Waals surface area contributed by atoms with E-state index < -0.39 is 0 Å². The molecule has 0 saturated heterocycles. The number of H-pyrrole nitrogens is 1. The first-order valence-electron chi connectivity index (χ1n) is 6.57. The number of fused-ring (bicyclic) bond motifs is 1. The van der Waals surface area contributed by atoms with E-state index in [0.717, 1.165) is 12.8 Å². The molecule has 3 aromatic rings. The minimum Gasteiger partial charge on any atom is -0.341 e. The van der Waals surface area contributed by atoms with Crippen molar-refractivity contribution in [2.45, 2.75) is 18.9 Å². The zero-order valence-electron chi connectivity index (χ0n) is 10.9. The molecule has 1 aliphatic carbocycles. The maximum atomic E-state index is 12.3. The van der Waals surface area contributed by atoms with Gasteiger partial charge >= 0.3 is 0 Å². The summed E-state index contributed by atoms with van der Waals surface area (Å²) >= 11 is 6.02. The van der Waals surface area contributed by atoms with Gasteiger partial charge in [0.05, 0.1) is 6.33 Å². The average Bonchev–Trinajstić information content (AvgIpc) is 3.00. The number of aromatic amines is 1. The molecule has 7 nitrogen and oxygen atoms in total. The predicted octanol–water partition coefficient (Wildman–Crippen LogP) is 2.40. The molecule has 21 heavy (non-hydrogen) atoms. The van der Waals surface area contributed by atoms with Crippen LogP contribution in [0.4, 0.5) is 5.95 Å². The summed E-state index contributed by atoms with van der Waals surface area (Å²) in [4.78, 5) is 27.4. The standard InChI is InChI=1S/C13H11ClN6O/c14-10-9-11(16-6-15-9)18-13(17-10)19-12(21)8-2-1-5-20(8)7-3-4-7/h1-2,5-7H,3-4H2,(H2,15,16,17,18,19,21). The third-order valence-corrected chi connectivity index (χ3v) is 3.69. The molecule has 1 fully saturated rings. The average molecular weight is 303 g/mol. The van der Waals surface area contributed by atoms with E-state index >= 15 is 0 Å². The van der Waals surface area contributed by atoms with E-state index in [1.165, 1.54) is 6.33 Å². The van der Waals surface area contributed by atoms with Gasteiger partial charge in [0.2, 0.25) is 5.95 Å². The lowest BCUT2D eigenvalue weighted by Gasteiger charge is -2.07. The van der Waals surface area contributed by atoms with Gasteiger partial charge in [-0.2, -0.15) is 9.97 Å². The van der Waals surface area contributed by atoms with Crippen LogP contribution in [0.25, 0.3) is 11.2 Å². The van der Waals surface area contributed by atoms with Crippen molar-refractivity contribution in [1.82, 2.24) is 24.5 Å². The quantitative estimate of drug-likeness (QED) is 0.727. The van der Waals surface area contributed by atoms with E-state index in [1.807, 2.05) is 16.8 Å². The third-order valence-electron chi connectivity index (χ3n) is 3.42. The van der Waals surface area contributed by atoms with Crippen LogP contribution in [0.2, 0.25) is 5.15 Å². The lowest BCUT2D eigenvalue weighted by molar-refractivity contribution is 0.101. The number of nitrogens with zero attached hydrogens (tertiary/aromatic N) is 4. The highest BCUT2D eigenvalue weighted by Gasteiger charge is 2.27. The van der Waals surface area contributed by atoms with Crippen LogP contribution in [0.15, 0.2) is 24.7 Å². The van der Waals surface area contributed by atoms with Gasteiger partial charge in [-0.1, -0.05) is 11.6 Å². The van der Waals surface area contributed by atoms with Gasteiger partial charge in [-0.05, 0) is 25.0 Å². The minimum atomic E-state index is -0.252. The summed E-state index contributed by atoms with van der Waals surface area (Å²) in [5.74, 6) is -0.106. The Bertz CT molecular complexity index is 834. The number of carbonyl (C=O) groups excluding carboxylic acids is 1. The summed E-state index contributed by atoms with van der Waals surface area (Å²) in [5, 5.41) is 2.90. The lowest BCUT2D eigenvalue weighted by atomic mass is 10.4. The number of carbonyl (C=O) groups is 1. The normalized spacial score (nSPS) is 14.5. The number of rotatable bonds is 3. The molecule has 2 N–H and O–H groups in total. The minimum absolute atomic E-state index is 0.146. The number of imidazole rings is 1. The molecule has 3 aromatic heterocycles. The van der Waals surface area contributed by atoms with Crippen molar-refractivity contribution in [3.05, 3.63) is 35.5 Å². The molecule has 1 amide bonds. The molecule has 106 valence electrons. The number of hydrogen-bond acceptors (Lipinski definition) is 4. The van der Waals surface area contributed by atoms with Crippen LogP contribution in [0, 0.1) is 0 Å². The molecule has 0 unspecified atom stereocenters. The van der Waals surface area contributed by atoms with Crippen molar-refractivity contribution in [3.8, 4) is 0 Å². The maximum Gasteiger partial charge on any atom is 0.274 e. The number of amides is 1. The monoisotopic (exact) mass is 302 g/mol. The van der Waals surface area contributed by atoms with Crippen LogP contribution in [0.1, 0.15) is 29.4 Å². The Balaban J connectivity index is 1.64. The van der Waals surface area contributed by atoms with Crippen molar-refractivity contribution in [2.75, 3.05) is 5.32 Å². The zero-order chi connectivity index (χ0) is 14.4. The molecule has 0 spiro atoms. The second-order valence-electron chi connectivity index (χ2n) is 4.93. The summed E-state index contributed by atoms with van der Waals surface area (Å²) < 4.78 is 1.98. The molecular formula is C13H11ClN6O. The van der Waals surface area contributed by atoms with Crippen molar-refractivity contribution in [1.29, 1.82) is 0 Å². The van der Waals surface area contributed by atoms with Gasteiger partial charge in [0.15, 0.2) is 10.8 Å². The van der Waals surface area contributed by atoms with Gasteiger partial charge in [0, 0.05) is 12.2 Å². The van der Waals surface area contributed by atoms with E-state index in [4.69, 9.17) is 11.6 Å². The van der Waals surface area contributed by atoms with Crippen LogP contribution >= 0.6 is 11.6 Å². The number of anilines is 1. The second-order valence-corrected chi connectivity index (χ2v) is 5.28. The molecule has 0 atom stereocenters. The van der Waals surface area contributed by atoms with Gasteiger partial charge in [0.1, 0.15) is 11.2 Å². The molecule has 1 saturated carbocycles. The molecular weight excluding hydrogens is 292 g/mol. The summed E-state index contributed by atoms with van der Waals surface area (Å²) in [6.45, 7) is 0. The van der Waals surface area contributed by atoms with Crippen molar-refractivity contribution >= 4 is 34.6 Å². The summed E-state index contributed by atoms with van der Waals surface area (Å²) in [6.07, 6.45) is 5.61. The first-order valence-corrected chi connectivity index (χ1v) is 6.95. The summed E-state index contributed by atoms with van der Waals surface area (Å²) in [6, 6.07) is 4.07. The molecule has 0 aromatic carbocycles. The Morgan fingerprint density at radius 2 is 2.29 bits per heavy atom. The number of nitrogens with one attached hydrogen (secondary N) is 2. The number of halogens is 1. The molecule has 0 aliphatic heterocycles. The van der Waals surface area contributed by atoms with E-state index in [9.17, 15) is 4.79 Å². The van der Waals surface area contributed by atoms with E-state index in [2.05, 4.69) is 25.3 Å². The molecule has 3 heterocycles. The number of hydrogen-bond donors (Lipinski definition) is 2. The largest absolute Gasteiger partial charge is 0.341 e. The summed E-state index contributed by atoms with van der Waals surface area (Å²) in [7, 11) is 0. The molecule has 4 rings (SSSR count). The van der Waals surface area contributed by atoms with Crippen molar-refractivity contribution in [2.24, 2.45) is 0 Å². The smallest absolute Gasteiger partial charge is 0.274 e. The maximum absolute atomic E-state index is 12.3. The topological polar surface area (TPSA) is 88.5 Å². The lowest BCUT2D eigenvalue weighted by Crippen LogP contribution is -2.18.